The average molecular weight is 389 g/mol. The van der Waals surface area contributed by atoms with E-state index in [1.807, 2.05) is 25.1 Å². The maximum absolute atomic E-state index is 12.6. The minimum absolute atomic E-state index is 0. The zero-order chi connectivity index (χ0) is 17.0. The summed E-state index contributed by atoms with van der Waals surface area (Å²) < 4.78 is 11.1. The van der Waals surface area contributed by atoms with Crippen LogP contribution in [0.25, 0.3) is 0 Å². The van der Waals surface area contributed by atoms with Crippen LogP contribution < -0.4 is 10.6 Å². The Bertz CT molecular complexity index is 579. The highest BCUT2D eigenvalue weighted by Gasteiger charge is 2.37. The number of benzene rings is 1. The second kappa shape index (κ2) is 9.19. The first-order valence-corrected chi connectivity index (χ1v) is 8.96. The van der Waals surface area contributed by atoms with Gasteiger partial charge >= 0.3 is 0 Å². The highest BCUT2D eigenvalue weighted by atomic mass is 35.5. The van der Waals surface area contributed by atoms with Crippen molar-refractivity contribution in [1.29, 1.82) is 0 Å². The molecule has 2 atom stereocenters. The van der Waals surface area contributed by atoms with Crippen LogP contribution in [0.5, 0.6) is 0 Å². The average Bonchev–Trinajstić information content (AvgIpc) is 2.61. The number of rotatable bonds is 4. The van der Waals surface area contributed by atoms with Crippen molar-refractivity contribution in [2.24, 2.45) is 0 Å². The molecule has 2 fully saturated rings. The van der Waals surface area contributed by atoms with Crippen molar-refractivity contribution >= 4 is 29.9 Å². The molecule has 2 N–H and O–H groups in total. The Morgan fingerprint density at radius 1 is 1.32 bits per heavy atom. The maximum Gasteiger partial charge on any atom is 0.239 e. The SMILES string of the molecule is C[C@H]1OCCN[C@@H]1C(=O)NCC1(c2ccccc2Cl)CCOCC1.Cl. The Balaban J connectivity index is 0.00000225. The van der Waals surface area contributed by atoms with Crippen LogP contribution in [0.2, 0.25) is 5.02 Å². The molecule has 7 heteroatoms. The summed E-state index contributed by atoms with van der Waals surface area (Å²) in [5.41, 5.74) is 0.918. The summed E-state index contributed by atoms with van der Waals surface area (Å²) in [7, 11) is 0. The molecule has 1 amide bonds. The molecule has 0 aromatic heterocycles. The van der Waals surface area contributed by atoms with E-state index in [2.05, 4.69) is 16.7 Å². The molecule has 0 saturated carbocycles. The van der Waals surface area contributed by atoms with E-state index in [4.69, 9.17) is 21.1 Å². The molecule has 0 radical (unpaired) electrons. The number of ether oxygens (including phenoxy) is 2. The Morgan fingerprint density at radius 3 is 2.72 bits per heavy atom. The third-order valence-corrected chi connectivity index (χ3v) is 5.42. The molecular formula is C18H26Cl2N2O3. The molecule has 0 aliphatic carbocycles. The normalized spacial score (nSPS) is 25.7. The molecule has 1 aromatic carbocycles. The number of carbonyl (C=O) groups excluding carboxylic acids is 1. The quantitative estimate of drug-likeness (QED) is 0.830. The summed E-state index contributed by atoms with van der Waals surface area (Å²) >= 11 is 6.45. The summed E-state index contributed by atoms with van der Waals surface area (Å²) in [6.45, 7) is 5.20. The molecule has 3 rings (SSSR count). The van der Waals surface area contributed by atoms with Gasteiger partial charge in [-0.15, -0.1) is 12.4 Å². The third-order valence-electron chi connectivity index (χ3n) is 5.10. The predicted molar refractivity (Wildman–Crippen MR) is 101 cm³/mol. The lowest BCUT2D eigenvalue weighted by atomic mass is 9.74. The van der Waals surface area contributed by atoms with Crippen LogP contribution in [0.15, 0.2) is 24.3 Å². The highest BCUT2D eigenvalue weighted by molar-refractivity contribution is 6.31. The molecule has 2 aliphatic rings. The Hall–Kier alpha value is -0.850. The summed E-state index contributed by atoms with van der Waals surface area (Å²) in [4.78, 5) is 12.6. The topological polar surface area (TPSA) is 59.6 Å². The molecule has 25 heavy (non-hydrogen) atoms. The third kappa shape index (κ3) is 4.66. The van der Waals surface area contributed by atoms with Gasteiger partial charge < -0.3 is 20.1 Å². The van der Waals surface area contributed by atoms with Crippen molar-refractivity contribution in [3.05, 3.63) is 34.9 Å². The van der Waals surface area contributed by atoms with Gasteiger partial charge in [0, 0.05) is 36.7 Å². The number of nitrogens with one attached hydrogen (secondary N) is 2. The van der Waals surface area contributed by atoms with E-state index < -0.39 is 0 Å². The minimum atomic E-state index is -0.304. The van der Waals surface area contributed by atoms with Crippen molar-refractivity contribution in [2.45, 2.75) is 37.3 Å². The van der Waals surface area contributed by atoms with Gasteiger partial charge in [0.15, 0.2) is 0 Å². The fraction of sp³-hybridized carbons (Fsp3) is 0.611. The first-order chi connectivity index (χ1) is 11.6. The van der Waals surface area contributed by atoms with Gasteiger partial charge in [0.1, 0.15) is 6.04 Å². The van der Waals surface area contributed by atoms with E-state index in [9.17, 15) is 4.79 Å². The van der Waals surface area contributed by atoms with E-state index >= 15 is 0 Å². The molecule has 0 bridgehead atoms. The molecule has 140 valence electrons. The monoisotopic (exact) mass is 388 g/mol. The smallest absolute Gasteiger partial charge is 0.239 e. The fourth-order valence-corrected chi connectivity index (χ4v) is 3.92. The maximum atomic E-state index is 12.6. The Morgan fingerprint density at radius 2 is 2.04 bits per heavy atom. The van der Waals surface area contributed by atoms with Crippen molar-refractivity contribution in [1.82, 2.24) is 10.6 Å². The molecule has 1 aromatic rings. The van der Waals surface area contributed by atoms with Crippen LogP contribution in [-0.4, -0.2) is 51.0 Å². The summed E-state index contributed by atoms with van der Waals surface area (Å²) in [5.74, 6) is -0.0138. The molecule has 2 heterocycles. The van der Waals surface area contributed by atoms with E-state index in [1.54, 1.807) is 0 Å². The highest BCUT2D eigenvalue weighted by Crippen LogP contribution is 2.38. The zero-order valence-corrected chi connectivity index (χ0v) is 16.0. The van der Waals surface area contributed by atoms with Gasteiger partial charge in [0.2, 0.25) is 5.91 Å². The van der Waals surface area contributed by atoms with Crippen LogP contribution in [0.1, 0.15) is 25.3 Å². The van der Waals surface area contributed by atoms with Crippen LogP contribution in [0.3, 0.4) is 0 Å². The van der Waals surface area contributed by atoms with Crippen molar-refractivity contribution < 1.29 is 14.3 Å². The standard InChI is InChI=1S/C18H25ClN2O3.ClH/c1-13-16(20-8-11-24-13)17(22)21-12-18(6-9-23-10-7-18)14-4-2-3-5-15(14)19;/h2-5,13,16,20H,6-12H2,1H3,(H,21,22);1H/t13-,16+;/m1./s1. The second-order valence-electron chi connectivity index (χ2n) is 6.60. The number of amides is 1. The van der Waals surface area contributed by atoms with Gasteiger partial charge in [0.25, 0.3) is 0 Å². The molecule has 2 saturated heterocycles. The minimum Gasteiger partial charge on any atom is -0.381 e. The number of morpholine rings is 1. The van der Waals surface area contributed by atoms with Gasteiger partial charge in [-0.1, -0.05) is 29.8 Å². The Kier molecular flexibility index (Phi) is 7.52. The van der Waals surface area contributed by atoms with Crippen molar-refractivity contribution in [2.75, 3.05) is 32.9 Å². The zero-order valence-electron chi connectivity index (χ0n) is 14.4. The lowest BCUT2D eigenvalue weighted by Gasteiger charge is -2.39. The van der Waals surface area contributed by atoms with Crippen molar-refractivity contribution in [3.8, 4) is 0 Å². The van der Waals surface area contributed by atoms with E-state index in [0.717, 1.165) is 23.4 Å². The Labute approximate surface area is 160 Å². The lowest BCUT2D eigenvalue weighted by Crippen LogP contribution is -2.57. The summed E-state index contributed by atoms with van der Waals surface area (Å²) in [6, 6.07) is 7.60. The van der Waals surface area contributed by atoms with Crippen LogP contribution >= 0.6 is 24.0 Å². The second-order valence-corrected chi connectivity index (χ2v) is 7.01. The summed E-state index contributed by atoms with van der Waals surface area (Å²) in [6.07, 6.45) is 1.58. The first kappa shape index (κ1) is 20.5. The molecule has 0 spiro atoms. The van der Waals surface area contributed by atoms with E-state index in [0.29, 0.717) is 32.9 Å². The van der Waals surface area contributed by atoms with Crippen LogP contribution in [-0.2, 0) is 19.7 Å². The predicted octanol–water partition coefficient (Wildman–Crippen LogP) is 2.30. The molecule has 5 nitrogen and oxygen atoms in total. The van der Waals surface area contributed by atoms with Gasteiger partial charge in [-0.3, -0.25) is 4.79 Å². The first-order valence-electron chi connectivity index (χ1n) is 8.58. The number of carbonyl (C=O) groups is 1. The lowest BCUT2D eigenvalue weighted by molar-refractivity contribution is -0.129. The molecule has 0 unspecified atom stereocenters. The summed E-state index contributed by atoms with van der Waals surface area (Å²) in [5, 5.41) is 7.11. The van der Waals surface area contributed by atoms with E-state index in [-0.39, 0.29) is 35.9 Å². The number of halogens is 2. The van der Waals surface area contributed by atoms with Crippen LogP contribution in [0, 0.1) is 0 Å². The van der Waals surface area contributed by atoms with Crippen LogP contribution in [0.4, 0.5) is 0 Å². The van der Waals surface area contributed by atoms with Gasteiger partial charge in [-0.25, -0.2) is 0 Å². The number of hydrogen-bond donors (Lipinski definition) is 2. The fourth-order valence-electron chi connectivity index (χ4n) is 3.59. The van der Waals surface area contributed by atoms with Gasteiger partial charge in [0.05, 0.1) is 12.7 Å². The van der Waals surface area contributed by atoms with Crippen molar-refractivity contribution in [3.63, 3.8) is 0 Å². The molecule has 2 aliphatic heterocycles. The largest absolute Gasteiger partial charge is 0.381 e. The molecular weight excluding hydrogens is 363 g/mol. The van der Waals surface area contributed by atoms with Gasteiger partial charge in [-0.2, -0.15) is 0 Å². The van der Waals surface area contributed by atoms with E-state index in [1.165, 1.54) is 0 Å². The number of hydrogen-bond acceptors (Lipinski definition) is 4. The van der Waals surface area contributed by atoms with Gasteiger partial charge in [-0.05, 0) is 31.4 Å².